The fourth-order valence-corrected chi connectivity index (χ4v) is 3.17. The molecule has 0 bridgehead atoms. The summed E-state index contributed by atoms with van der Waals surface area (Å²) in [4.78, 5) is 3.16. The molecule has 1 aliphatic heterocycles. The number of hydrogen-bond donors (Lipinski definition) is 0. The Kier molecular flexibility index (Phi) is 4.88. The van der Waals surface area contributed by atoms with Crippen LogP contribution in [0.5, 0.6) is 0 Å². The number of halogens is 4. The van der Waals surface area contributed by atoms with Gasteiger partial charge in [0.2, 0.25) is 0 Å². The fourth-order valence-electron chi connectivity index (χ4n) is 3.17. The van der Waals surface area contributed by atoms with Crippen LogP contribution in [0.1, 0.15) is 25.3 Å². The number of anilines is 2. The van der Waals surface area contributed by atoms with E-state index in [0.717, 1.165) is 0 Å². The molecule has 6 heteroatoms. The van der Waals surface area contributed by atoms with Crippen molar-refractivity contribution in [3.63, 3.8) is 0 Å². The molecule has 0 saturated carbocycles. The van der Waals surface area contributed by atoms with Crippen LogP contribution in [0, 0.1) is 23.3 Å². The zero-order valence-electron chi connectivity index (χ0n) is 14.2. The van der Waals surface area contributed by atoms with Crippen molar-refractivity contribution in [2.75, 3.05) is 36.0 Å². The largest absolute Gasteiger partial charge is 0.363 e. The van der Waals surface area contributed by atoms with Crippen LogP contribution in [0.25, 0.3) is 0 Å². The zero-order chi connectivity index (χ0) is 18.1. The van der Waals surface area contributed by atoms with Crippen molar-refractivity contribution in [3.05, 3.63) is 59.2 Å². The maximum atomic E-state index is 14.4. The SMILES string of the molecule is CC(C)c1cc(F)c(N2CCN(c3c(F)cccc3F)CC2)c(F)c1. The molecule has 1 saturated heterocycles. The third-order valence-electron chi connectivity index (χ3n) is 4.56. The zero-order valence-corrected chi connectivity index (χ0v) is 14.2. The summed E-state index contributed by atoms with van der Waals surface area (Å²) in [7, 11) is 0. The van der Waals surface area contributed by atoms with E-state index in [1.165, 1.54) is 30.3 Å². The molecule has 1 fully saturated rings. The number of nitrogens with zero attached hydrogens (tertiary/aromatic N) is 2. The molecule has 0 unspecified atom stereocenters. The van der Waals surface area contributed by atoms with E-state index in [2.05, 4.69) is 0 Å². The average Bonchev–Trinajstić information content (AvgIpc) is 2.55. The smallest absolute Gasteiger partial charge is 0.149 e. The molecule has 0 aliphatic carbocycles. The van der Waals surface area contributed by atoms with Gasteiger partial charge in [-0.1, -0.05) is 19.9 Å². The van der Waals surface area contributed by atoms with Crippen molar-refractivity contribution >= 4 is 11.4 Å². The van der Waals surface area contributed by atoms with E-state index in [1.54, 1.807) is 9.80 Å². The summed E-state index contributed by atoms with van der Waals surface area (Å²) in [5, 5.41) is 0. The van der Waals surface area contributed by atoms with Crippen molar-refractivity contribution in [1.82, 2.24) is 0 Å². The van der Waals surface area contributed by atoms with E-state index in [9.17, 15) is 17.6 Å². The van der Waals surface area contributed by atoms with Gasteiger partial charge in [-0.3, -0.25) is 0 Å². The Hall–Kier alpha value is -2.24. The lowest BCUT2D eigenvalue weighted by Crippen LogP contribution is -2.47. The molecule has 1 aliphatic rings. The van der Waals surface area contributed by atoms with Gasteiger partial charge in [-0.15, -0.1) is 0 Å². The summed E-state index contributed by atoms with van der Waals surface area (Å²) in [5.74, 6) is -2.44. The van der Waals surface area contributed by atoms with Crippen molar-refractivity contribution in [1.29, 1.82) is 0 Å². The number of para-hydroxylation sites is 1. The van der Waals surface area contributed by atoms with Crippen molar-refractivity contribution in [2.24, 2.45) is 0 Å². The van der Waals surface area contributed by atoms with Gasteiger partial charge in [-0.2, -0.15) is 0 Å². The highest BCUT2D eigenvalue weighted by Crippen LogP contribution is 2.30. The Balaban J connectivity index is 1.79. The monoisotopic (exact) mass is 352 g/mol. The molecule has 0 spiro atoms. The molecular formula is C19H20F4N2. The maximum Gasteiger partial charge on any atom is 0.149 e. The molecule has 0 N–H and O–H groups in total. The van der Waals surface area contributed by atoms with E-state index in [-0.39, 0.29) is 43.5 Å². The first kappa shape index (κ1) is 17.6. The molecule has 1 heterocycles. The standard InChI is InChI=1S/C19H20F4N2/c1-12(2)13-10-16(22)19(17(23)11-13)25-8-6-24(7-9-25)18-14(20)4-3-5-15(18)21/h3-5,10-12H,6-9H2,1-2H3. The molecule has 25 heavy (non-hydrogen) atoms. The molecular weight excluding hydrogens is 332 g/mol. The van der Waals surface area contributed by atoms with Crippen molar-refractivity contribution in [2.45, 2.75) is 19.8 Å². The van der Waals surface area contributed by atoms with Gasteiger partial charge in [-0.05, 0) is 35.7 Å². The van der Waals surface area contributed by atoms with E-state index in [1.807, 2.05) is 13.8 Å². The van der Waals surface area contributed by atoms with Crippen LogP contribution in [0.2, 0.25) is 0 Å². The quantitative estimate of drug-likeness (QED) is 0.739. The number of benzene rings is 2. The van der Waals surface area contributed by atoms with Gasteiger partial charge >= 0.3 is 0 Å². The first-order valence-corrected chi connectivity index (χ1v) is 8.31. The summed E-state index contributed by atoms with van der Waals surface area (Å²) in [6.07, 6.45) is 0. The molecule has 0 amide bonds. The van der Waals surface area contributed by atoms with Gasteiger partial charge < -0.3 is 9.80 Å². The molecule has 134 valence electrons. The van der Waals surface area contributed by atoms with E-state index < -0.39 is 23.3 Å². The molecule has 0 atom stereocenters. The predicted octanol–water partition coefficient (Wildman–Crippen LogP) is 4.69. The molecule has 2 aromatic carbocycles. The highest BCUT2D eigenvalue weighted by molar-refractivity contribution is 5.55. The Labute approximate surface area is 144 Å². The van der Waals surface area contributed by atoms with Gasteiger partial charge in [0.05, 0.1) is 0 Å². The van der Waals surface area contributed by atoms with Crippen molar-refractivity contribution in [3.8, 4) is 0 Å². The third-order valence-corrected chi connectivity index (χ3v) is 4.56. The Bertz CT molecular complexity index is 725. The lowest BCUT2D eigenvalue weighted by Gasteiger charge is -2.37. The van der Waals surface area contributed by atoms with Gasteiger partial charge in [0, 0.05) is 26.2 Å². The van der Waals surface area contributed by atoms with Gasteiger partial charge in [-0.25, -0.2) is 17.6 Å². The topological polar surface area (TPSA) is 6.48 Å². The van der Waals surface area contributed by atoms with Gasteiger partial charge in [0.25, 0.3) is 0 Å². The Morgan fingerprint density at radius 2 is 1.12 bits per heavy atom. The second-order valence-corrected chi connectivity index (χ2v) is 6.53. The highest BCUT2D eigenvalue weighted by atomic mass is 19.1. The van der Waals surface area contributed by atoms with Crippen molar-refractivity contribution < 1.29 is 17.6 Å². The summed E-state index contributed by atoms with van der Waals surface area (Å²) in [6, 6.07) is 6.42. The maximum absolute atomic E-state index is 14.4. The van der Waals surface area contributed by atoms with Crippen LogP contribution in [0.15, 0.2) is 30.3 Å². The van der Waals surface area contributed by atoms with Crippen LogP contribution in [0.3, 0.4) is 0 Å². The summed E-state index contributed by atoms with van der Waals surface area (Å²) in [6.45, 7) is 4.86. The average molecular weight is 352 g/mol. The first-order valence-electron chi connectivity index (χ1n) is 8.31. The first-order chi connectivity index (χ1) is 11.9. The minimum absolute atomic E-state index is 0.0268. The molecule has 3 rings (SSSR count). The van der Waals surface area contributed by atoms with Crippen LogP contribution >= 0.6 is 0 Å². The molecule has 2 aromatic rings. The minimum Gasteiger partial charge on any atom is -0.363 e. The van der Waals surface area contributed by atoms with Crippen LogP contribution in [0.4, 0.5) is 28.9 Å². The van der Waals surface area contributed by atoms with Gasteiger partial charge in [0.1, 0.15) is 34.6 Å². The third kappa shape index (κ3) is 3.43. The minimum atomic E-state index is -0.632. The highest BCUT2D eigenvalue weighted by Gasteiger charge is 2.26. The molecule has 0 aromatic heterocycles. The Morgan fingerprint density at radius 3 is 1.52 bits per heavy atom. The Morgan fingerprint density at radius 1 is 0.720 bits per heavy atom. The number of hydrogen-bond acceptors (Lipinski definition) is 2. The van der Waals surface area contributed by atoms with E-state index in [0.29, 0.717) is 5.56 Å². The van der Waals surface area contributed by atoms with E-state index >= 15 is 0 Å². The lowest BCUT2D eigenvalue weighted by atomic mass is 10.0. The lowest BCUT2D eigenvalue weighted by molar-refractivity contribution is 0.536. The second-order valence-electron chi connectivity index (χ2n) is 6.53. The van der Waals surface area contributed by atoms with Crippen LogP contribution in [-0.4, -0.2) is 26.2 Å². The predicted molar refractivity (Wildman–Crippen MR) is 91.2 cm³/mol. The summed E-state index contributed by atoms with van der Waals surface area (Å²) in [5.41, 5.74) is 0.446. The summed E-state index contributed by atoms with van der Waals surface area (Å²) >= 11 is 0. The molecule has 2 nitrogen and oxygen atoms in total. The second kappa shape index (κ2) is 6.94. The van der Waals surface area contributed by atoms with Gasteiger partial charge in [0.15, 0.2) is 0 Å². The van der Waals surface area contributed by atoms with Crippen LogP contribution < -0.4 is 9.80 Å². The number of rotatable bonds is 3. The van der Waals surface area contributed by atoms with Crippen LogP contribution in [-0.2, 0) is 0 Å². The molecule has 0 radical (unpaired) electrons. The fraction of sp³-hybridized carbons (Fsp3) is 0.368. The summed E-state index contributed by atoms with van der Waals surface area (Å²) < 4.78 is 56.6. The van der Waals surface area contributed by atoms with E-state index in [4.69, 9.17) is 0 Å². The number of piperazine rings is 1. The normalized spacial score (nSPS) is 15.2.